The van der Waals surface area contributed by atoms with Crippen molar-refractivity contribution in [3.63, 3.8) is 0 Å². The molecule has 1 saturated carbocycles. The van der Waals surface area contributed by atoms with Crippen LogP contribution in [0.5, 0.6) is 0 Å². The third-order valence-corrected chi connectivity index (χ3v) is 6.54. The Hall–Kier alpha value is -2.73. The standard InChI is InChI=1S/C25H30N4OS/c30-24(27-21-15-8-3-9-16-21)26-17-10-18-31-25-28-22(19-11-4-1-5-12-19)23(29-25)20-13-6-2-7-14-20/h1-2,4-7,11-14,21H,3,8-10,15-18H2,(H,28,29)(H2,26,27,30). The first-order valence-corrected chi connectivity index (χ1v) is 12.2. The van der Waals surface area contributed by atoms with Gasteiger partial charge in [0.2, 0.25) is 0 Å². The summed E-state index contributed by atoms with van der Waals surface area (Å²) in [6, 6.07) is 20.9. The van der Waals surface area contributed by atoms with E-state index in [0.717, 1.165) is 52.7 Å². The van der Waals surface area contributed by atoms with Gasteiger partial charge in [0.05, 0.1) is 11.4 Å². The van der Waals surface area contributed by atoms with Crippen LogP contribution >= 0.6 is 11.8 Å². The Balaban J connectivity index is 1.30. The van der Waals surface area contributed by atoms with E-state index in [9.17, 15) is 4.79 Å². The van der Waals surface area contributed by atoms with Crippen LogP contribution in [0.15, 0.2) is 65.8 Å². The molecule has 0 unspecified atom stereocenters. The van der Waals surface area contributed by atoms with Crippen molar-refractivity contribution in [3.8, 4) is 22.5 Å². The summed E-state index contributed by atoms with van der Waals surface area (Å²) in [5.41, 5.74) is 4.24. The number of urea groups is 1. The molecule has 0 saturated heterocycles. The Morgan fingerprint density at radius 3 is 2.35 bits per heavy atom. The normalized spacial score (nSPS) is 14.3. The monoisotopic (exact) mass is 434 g/mol. The summed E-state index contributed by atoms with van der Waals surface area (Å²) in [6.45, 7) is 0.670. The fourth-order valence-electron chi connectivity index (χ4n) is 3.96. The van der Waals surface area contributed by atoms with E-state index in [1.54, 1.807) is 11.8 Å². The minimum atomic E-state index is -0.0346. The number of carbonyl (C=O) groups is 1. The van der Waals surface area contributed by atoms with Crippen molar-refractivity contribution in [2.75, 3.05) is 12.3 Å². The molecule has 1 aromatic heterocycles. The quantitative estimate of drug-likeness (QED) is 0.307. The number of nitrogens with zero attached hydrogens (tertiary/aromatic N) is 1. The first kappa shape index (κ1) is 21.5. The molecule has 1 fully saturated rings. The average molecular weight is 435 g/mol. The van der Waals surface area contributed by atoms with E-state index in [4.69, 9.17) is 4.98 Å². The second kappa shape index (κ2) is 11.0. The summed E-state index contributed by atoms with van der Waals surface area (Å²) < 4.78 is 0. The first-order chi connectivity index (χ1) is 15.3. The highest BCUT2D eigenvalue weighted by Crippen LogP contribution is 2.32. The van der Waals surface area contributed by atoms with Gasteiger partial charge < -0.3 is 15.6 Å². The van der Waals surface area contributed by atoms with Crippen LogP contribution in [-0.2, 0) is 0 Å². The molecule has 0 spiro atoms. The third-order valence-electron chi connectivity index (χ3n) is 5.58. The lowest BCUT2D eigenvalue weighted by molar-refractivity contribution is 0.232. The zero-order valence-electron chi connectivity index (χ0n) is 17.8. The summed E-state index contributed by atoms with van der Waals surface area (Å²) >= 11 is 1.69. The molecule has 1 aliphatic carbocycles. The molecule has 1 heterocycles. The van der Waals surface area contributed by atoms with Gasteiger partial charge in [-0.3, -0.25) is 0 Å². The van der Waals surface area contributed by atoms with Crippen LogP contribution in [-0.4, -0.2) is 34.3 Å². The van der Waals surface area contributed by atoms with Crippen LogP contribution in [0.2, 0.25) is 0 Å². The van der Waals surface area contributed by atoms with Gasteiger partial charge in [-0.25, -0.2) is 9.78 Å². The highest BCUT2D eigenvalue weighted by Gasteiger charge is 2.16. The molecule has 4 rings (SSSR count). The van der Waals surface area contributed by atoms with Crippen molar-refractivity contribution in [2.24, 2.45) is 0 Å². The second-order valence-corrected chi connectivity index (χ2v) is 9.02. The number of hydrogen-bond donors (Lipinski definition) is 3. The minimum absolute atomic E-state index is 0.0346. The molecule has 31 heavy (non-hydrogen) atoms. The number of hydrogen-bond acceptors (Lipinski definition) is 3. The maximum atomic E-state index is 12.1. The zero-order chi connectivity index (χ0) is 21.3. The minimum Gasteiger partial charge on any atom is -0.338 e. The number of rotatable bonds is 8. The average Bonchev–Trinajstić information content (AvgIpc) is 3.25. The van der Waals surface area contributed by atoms with Crippen LogP contribution in [0, 0.1) is 0 Å². The number of imidazole rings is 1. The number of aromatic nitrogens is 2. The van der Waals surface area contributed by atoms with Crippen molar-refractivity contribution in [1.82, 2.24) is 20.6 Å². The van der Waals surface area contributed by atoms with Crippen molar-refractivity contribution >= 4 is 17.8 Å². The molecule has 0 bridgehead atoms. The van der Waals surface area contributed by atoms with Crippen LogP contribution in [0.25, 0.3) is 22.5 Å². The van der Waals surface area contributed by atoms with Gasteiger partial charge in [0.25, 0.3) is 0 Å². The van der Waals surface area contributed by atoms with Gasteiger partial charge in [-0.05, 0) is 19.3 Å². The number of carbonyl (C=O) groups excluding carboxylic acids is 1. The van der Waals surface area contributed by atoms with E-state index in [1.807, 2.05) is 36.4 Å². The van der Waals surface area contributed by atoms with E-state index in [-0.39, 0.29) is 6.03 Å². The third kappa shape index (κ3) is 6.14. The van der Waals surface area contributed by atoms with Gasteiger partial charge in [-0.2, -0.15) is 0 Å². The van der Waals surface area contributed by atoms with Gasteiger partial charge >= 0.3 is 6.03 Å². The molecular weight excluding hydrogens is 404 g/mol. The first-order valence-electron chi connectivity index (χ1n) is 11.2. The zero-order valence-corrected chi connectivity index (χ0v) is 18.6. The van der Waals surface area contributed by atoms with Crippen molar-refractivity contribution in [3.05, 3.63) is 60.7 Å². The Labute approximate surface area is 188 Å². The number of benzene rings is 2. The maximum Gasteiger partial charge on any atom is 0.315 e. The summed E-state index contributed by atoms with van der Waals surface area (Å²) in [6.07, 6.45) is 6.85. The number of thioether (sulfide) groups is 1. The van der Waals surface area contributed by atoms with Gasteiger partial charge in [0, 0.05) is 29.5 Å². The molecule has 0 aliphatic heterocycles. The Kier molecular flexibility index (Phi) is 7.66. The van der Waals surface area contributed by atoms with E-state index in [1.165, 1.54) is 19.3 Å². The van der Waals surface area contributed by atoms with Gasteiger partial charge in [0.15, 0.2) is 5.16 Å². The Morgan fingerprint density at radius 2 is 1.65 bits per heavy atom. The summed E-state index contributed by atoms with van der Waals surface area (Å²) in [5, 5.41) is 7.00. The van der Waals surface area contributed by atoms with E-state index >= 15 is 0 Å². The molecule has 0 atom stereocenters. The number of aromatic amines is 1. The van der Waals surface area contributed by atoms with Gasteiger partial charge in [-0.15, -0.1) is 0 Å². The predicted octanol–water partition coefficient (Wildman–Crippen LogP) is 5.86. The van der Waals surface area contributed by atoms with E-state index in [0.29, 0.717) is 12.6 Å². The highest BCUT2D eigenvalue weighted by molar-refractivity contribution is 7.99. The number of amides is 2. The fourth-order valence-corrected chi connectivity index (χ4v) is 4.78. The molecule has 0 radical (unpaired) electrons. The largest absolute Gasteiger partial charge is 0.338 e. The van der Waals surface area contributed by atoms with Crippen LogP contribution < -0.4 is 10.6 Å². The molecule has 162 valence electrons. The lowest BCUT2D eigenvalue weighted by Gasteiger charge is -2.22. The predicted molar refractivity (Wildman–Crippen MR) is 128 cm³/mol. The molecule has 6 heteroatoms. The second-order valence-electron chi connectivity index (χ2n) is 7.93. The molecule has 1 aliphatic rings. The smallest absolute Gasteiger partial charge is 0.315 e. The lowest BCUT2D eigenvalue weighted by atomic mass is 9.96. The van der Waals surface area contributed by atoms with Crippen molar-refractivity contribution in [2.45, 2.75) is 49.7 Å². The fraction of sp³-hybridized carbons (Fsp3) is 0.360. The molecule has 2 aromatic carbocycles. The SMILES string of the molecule is O=C(NCCCSc1nc(-c2ccccc2)c(-c2ccccc2)[nH]1)NC1CCCCC1. The van der Waals surface area contributed by atoms with Crippen LogP contribution in [0.1, 0.15) is 38.5 Å². The van der Waals surface area contributed by atoms with Crippen molar-refractivity contribution < 1.29 is 4.79 Å². The summed E-state index contributed by atoms with van der Waals surface area (Å²) in [7, 11) is 0. The topological polar surface area (TPSA) is 69.8 Å². The van der Waals surface area contributed by atoms with Gasteiger partial charge in [-0.1, -0.05) is 91.7 Å². The van der Waals surface area contributed by atoms with Crippen LogP contribution in [0.4, 0.5) is 4.79 Å². The Morgan fingerprint density at radius 1 is 0.968 bits per heavy atom. The molecule has 2 amide bonds. The van der Waals surface area contributed by atoms with E-state index in [2.05, 4.69) is 39.9 Å². The molecule has 5 nitrogen and oxygen atoms in total. The Bertz CT molecular complexity index is 895. The molecule has 3 aromatic rings. The number of nitrogens with one attached hydrogen (secondary N) is 3. The van der Waals surface area contributed by atoms with Crippen LogP contribution in [0.3, 0.4) is 0 Å². The maximum absolute atomic E-state index is 12.1. The molecule has 3 N–H and O–H groups in total. The molecular formula is C25H30N4OS. The summed E-state index contributed by atoms with van der Waals surface area (Å²) in [4.78, 5) is 20.4. The number of H-pyrrole nitrogens is 1. The van der Waals surface area contributed by atoms with Gasteiger partial charge in [0.1, 0.15) is 0 Å². The summed E-state index contributed by atoms with van der Waals surface area (Å²) in [5.74, 6) is 0.889. The van der Waals surface area contributed by atoms with E-state index < -0.39 is 0 Å². The lowest BCUT2D eigenvalue weighted by Crippen LogP contribution is -2.43. The van der Waals surface area contributed by atoms with Crippen molar-refractivity contribution in [1.29, 1.82) is 0 Å². The highest BCUT2D eigenvalue weighted by atomic mass is 32.2.